The molecule has 1 aromatic heterocycles. The molecule has 0 spiro atoms. The standard InChI is InChI=1S/C14H20N2O3S/c1-2-4-10(17)7-14(15,18)9-19-12-5-3-6-13-11(12)8-16-20-13/h3,5-6,8,10,17-18H,2,4,7,9,15H2,1H3. The first-order valence-electron chi connectivity index (χ1n) is 6.67. The molecule has 0 saturated heterocycles. The van der Waals surface area contributed by atoms with Gasteiger partial charge in [-0.2, -0.15) is 4.37 Å². The van der Waals surface area contributed by atoms with Crippen molar-refractivity contribution in [3.8, 4) is 5.75 Å². The van der Waals surface area contributed by atoms with Gasteiger partial charge in [-0.15, -0.1) is 0 Å². The normalized spacial score (nSPS) is 16.0. The van der Waals surface area contributed by atoms with E-state index in [0.29, 0.717) is 12.2 Å². The number of benzene rings is 1. The molecule has 0 saturated carbocycles. The van der Waals surface area contributed by atoms with Gasteiger partial charge in [0.15, 0.2) is 0 Å². The Balaban J connectivity index is 1.98. The number of rotatable bonds is 7. The maximum Gasteiger partial charge on any atom is 0.150 e. The molecule has 2 aromatic rings. The summed E-state index contributed by atoms with van der Waals surface area (Å²) in [6.07, 6.45) is 2.68. The third kappa shape index (κ3) is 3.89. The molecule has 1 aromatic carbocycles. The topological polar surface area (TPSA) is 88.6 Å². The molecule has 2 unspecified atom stereocenters. The van der Waals surface area contributed by atoms with Gasteiger partial charge in [-0.25, -0.2) is 0 Å². The minimum atomic E-state index is -1.54. The van der Waals surface area contributed by atoms with Crippen LogP contribution in [-0.4, -0.2) is 33.0 Å². The second-order valence-electron chi connectivity index (χ2n) is 5.03. The molecule has 1 heterocycles. The average Bonchev–Trinajstić information content (AvgIpc) is 2.84. The highest BCUT2D eigenvalue weighted by Gasteiger charge is 2.26. The molecule has 0 aliphatic carbocycles. The Morgan fingerprint density at radius 3 is 3.05 bits per heavy atom. The molecular formula is C14H20N2O3S. The van der Waals surface area contributed by atoms with Crippen LogP contribution in [0.1, 0.15) is 26.2 Å². The van der Waals surface area contributed by atoms with Crippen molar-refractivity contribution in [1.82, 2.24) is 4.37 Å². The second kappa shape index (κ2) is 6.49. The van der Waals surface area contributed by atoms with Crippen LogP contribution in [0, 0.1) is 0 Å². The van der Waals surface area contributed by atoms with Crippen LogP contribution < -0.4 is 10.5 Å². The van der Waals surface area contributed by atoms with Crippen LogP contribution >= 0.6 is 11.5 Å². The molecule has 2 rings (SSSR count). The lowest BCUT2D eigenvalue weighted by molar-refractivity contribution is -0.0393. The molecular weight excluding hydrogens is 276 g/mol. The molecule has 2 atom stereocenters. The summed E-state index contributed by atoms with van der Waals surface area (Å²) >= 11 is 1.39. The van der Waals surface area contributed by atoms with Gasteiger partial charge >= 0.3 is 0 Å². The fourth-order valence-electron chi connectivity index (χ4n) is 2.10. The van der Waals surface area contributed by atoms with E-state index in [4.69, 9.17) is 10.5 Å². The van der Waals surface area contributed by atoms with Crippen LogP contribution in [0.3, 0.4) is 0 Å². The minimum Gasteiger partial charge on any atom is -0.488 e. The van der Waals surface area contributed by atoms with Gasteiger partial charge in [0.2, 0.25) is 0 Å². The van der Waals surface area contributed by atoms with Crippen LogP contribution in [0.5, 0.6) is 5.75 Å². The lowest BCUT2D eigenvalue weighted by Gasteiger charge is -2.26. The molecule has 5 nitrogen and oxygen atoms in total. The van der Waals surface area contributed by atoms with E-state index in [1.54, 1.807) is 6.20 Å². The number of hydrogen-bond donors (Lipinski definition) is 3. The van der Waals surface area contributed by atoms with Gasteiger partial charge in [-0.3, -0.25) is 0 Å². The van der Waals surface area contributed by atoms with Crippen molar-refractivity contribution in [3.05, 3.63) is 24.4 Å². The third-order valence-corrected chi connectivity index (χ3v) is 3.81. The zero-order valence-corrected chi connectivity index (χ0v) is 12.3. The van der Waals surface area contributed by atoms with Gasteiger partial charge in [0.25, 0.3) is 0 Å². The highest BCUT2D eigenvalue weighted by molar-refractivity contribution is 7.13. The van der Waals surface area contributed by atoms with Gasteiger partial charge in [0.1, 0.15) is 18.1 Å². The van der Waals surface area contributed by atoms with E-state index < -0.39 is 11.8 Å². The number of nitrogens with two attached hydrogens (primary N) is 1. The largest absolute Gasteiger partial charge is 0.488 e. The monoisotopic (exact) mass is 296 g/mol. The smallest absolute Gasteiger partial charge is 0.150 e. The van der Waals surface area contributed by atoms with Crippen molar-refractivity contribution < 1.29 is 14.9 Å². The highest BCUT2D eigenvalue weighted by Crippen LogP contribution is 2.28. The van der Waals surface area contributed by atoms with Gasteiger partial charge in [0.05, 0.1) is 22.4 Å². The molecule has 0 fully saturated rings. The van der Waals surface area contributed by atoms with Crippen molar-refractivity contribution >= 4 is 21.6 Å². The van der Waals surface area contributed by atoms with E-state index in [-0.39, 0.29) is 13.0 Å². The van der Waals surface area contributed by atoms with Crippen LogP contribution in [0.4, 0.5) is 0 Å². The Bertz CT molecular complexity index is 556. The first kappa shape index (κ1) is 15.2. The van der Waals surface area contributed by atoms with Crippen LogP contribution in [0.25, 0.3) is 10.1 Å². The molecule has 6 heteroatoms. The van der Waals surface area contributed by atoms with Gasteiger partial charge in [0, 0.05) is 6.42 Å². The Kier molecular flexibility index (Phi) is 4.93. The molecule has 4 N–H and O–H groups in total. The van der Waals surface area contributed by atoms with Crippen molar-refractivity contribution in [3.63, 3.8) is 0 Å². The predicted octanol–water partition coefficient (Wildman–Crippen LogP) is 1.87. The number of aromatic nitrogens is 1. The van der Waals surface area contributed by atoms with E-state index in [9.17, 15) is 10.2 Å². The summed E-state index contributed by atoms with van der Waals surface area (Å²) in [5.41, 5.74) is 4.23. The van der Waals surface area contributed by atoms with Gasteiger partial charge in [-0.05, 0) is 30.1 Å². The molecule has 0 bridgehead atoms. The van der Waals surface area contributed by atoms with E-state index in [0.717, 1.165) is 16.5 Å². The Hall–Kier alpha value is -1.21. The summed E-state index contributed by atoms with van der Waals surface area (Å²) in [5, 5.41) is 20.7. The average molecular weight is 296 g/mol. The number of hydrogen-bond acceptors (Lipinski definition) is 6. The maximum absolute atomic E-state index is 10.1. The number of aliphatic hydroxyl groups excluding tert-OH is 1. The van der Waals surface area contributed by atoms with Crippen LogP contribution in [0.15, 0.2) is 24.4 Å². The van der Waals surface area contributed by atoms with E-state index >= 15 is 0 Å². The molecule has 0 radical (unpaired) electrons. The summed E-state index contributed by atoms with van der Waals surface area (Å²) in [7, 11) is 0. The van der Waals surface area contributed by atoms with Crippen LogP contribution in [0.2, 0.25) is 0 Å². The first-order valence-corrected chi connectivity index (χ1v) is 7.44. The summed E-state index contributed by atoms with van der Waals surface area (Å²) < 4.78 is 10.7. The Morgan fingerprint density at radius 1 is 1.50 bits per heavy atom. The summed E-state index contributed by atoms with van der Waals surface area (Å²) in [5.74, 6) is 0.644. The predicted molar refractivity (Wildman–Crippen MR) is 79.8 cm³/mol. The van der Waals surface area contributed by atoms with Gasteiger partial charge < -0.3 is 20.7 Å². The molecule has 20 heavy (non-hydrogen) atoms. The fraction of sp³-hybridized carbons (Fsp3) is 0.500. The minimum absolute atomic E-state index is 0.0667. The van der Waals surface area contributed by atoms with E-state index in [2.05, 4.69) is 4.37 Å². The lowest BCUT2D eigenvalue weighted by atomic mass is 10.0. The lowest BCUT2D eigenvalue weighted by Crippen LogP contribution is -2.48. The SMILES string of the molecule is CCCC(O)CC(N)(O)COc1cccc2sncc12. The Morgan fingerprint density at radius 2 is 2.30 bits per heavy atom. The summed E-state index contributed by atoms with van der Waals surface area (Å²) in [4.78, 5) is 0. The number of fused-ring (bicyclic) bond motifs is 1. The molecule has 0 aliphatic rings. The summed E-state index contributed by atoms with van der Waals surface area (Å²) in [6, 6.07) is 5.64. The summed E-state index contributed by atoms with van der Waals surface area (Å²) in [6.45, 7) is 1.91. The number of aliphatic hydroxyl groups is 2. The Labute approximate surface area is 122 Å². The zero-order valence-electron chi connectivity index (χ0n) is 11.5. The molecule has 0 amide bonds. The fourth-order valence-corrected chi connectivity index (χ4v) is 2.76. The van der Waals surface area contributed by atoms with Crippen molar-refractivity contribution in [2.75, 3.05) is 6.61 Å². The third-order valence-electron chi connectivity index (χ3n) is 3.05. The first-order chi connectivity index (χ1) is 9.52. The molecule has 110 valence electrons. The second-order valence-corrected chi connectivity index (χ2v) is 5.87. The maximum atomic E-state index is 10.1. The van der Waals surface area contributed by atoms with Crippen LogP contribution in [-0.2, 0) is 0 Å². The zero-order chi connectivity index (χ0) is 14.6. The van der Waals surface area contributed by atoms with E-state index in [1.807, 2.05) is 25.1 Å². The van der Waals surface area contributed by atoms with Crippen molar-refractivity contribution in [2.24, 2.45) is 5.73 Å². The number of ether oxygens (including phenoxy) is 1. The van der Waals surface area contributed by atoms with Gasteiger partial charge in [-0.1, -0.05) is 19.4 Å². The number of nitrogens with zero attached hydrogens (tertiary/aromatic N) is 1. The van der Waals surface area contributed by atoms with Crippen molar-refractivity contribution in [2.45, 2.75) is 38.0 Å². The quantitative estimate of drug-likeness (QED) is 0.679. The van der Waals surface area contributed by atoms with Crippen molar-refractivity contribution in [1.29, 1.82) is 0 Å². The highest BCUT2D eigenvalue weighted by atomic mass is 32.1. The van der Waals surface area contributed by atoms with E-state index in [1.165, 1.54) is 11.5 Å². The molecule has 0 aliphatic heterocycles.